The first-order valence-corrected chi connectivity index (χ1v) is 14.3. The van der Waals surface area contributed by atoms with E-state index in [1.807, 2.05) is 0 Å². The van der Waals surface area contributed by atoms with Gasteiger partial charge in [-0.1, -0.05) is 53.4 Å². The van der Waals surface area contributed by atoms with Crippen LogP contribution in [0.15, 0.2) is 0 Å². The summed E-state index contributed by atoms with van der Waals surface area (Å²) in [5, 5.41) is 9.12. The molecule has 0 radical (unpaired) electrons. The van der Waals surface area contributed by atoms with Gasteiger partial charge in [-0.15, -0.1) is 8.64 Å². The maximum absolute atomic E-state index is 5.68. The van der Waals surface area contributed by atoms with Gasteiger partial charge < -0.3 is 36.7 Å². The summed E-state index contributed by atoms with van der Waals surface area (Å²) in [6, 6.07) is 0. The first-order valence-electron chi connectivity index (χ1n) is 10.8. The normalized spacial score (nSPS) is 9.38. The van der Waals surface area contributed by atoms with Crippen molar-refractivity contribution in [3.8, 4) is 0 Å². The van der Waals surface area contributed by atoms with Gasteiger partial charge in [0.25, 0.3) is 0 Å². The predicted octanol–water partition coefficient (Wildman–Crippen LogP) is 5.66. The number of nitrogens with two attached hydrogens (primary N) is 2. The quantitative estimate of drug-likeness (QED) is 0.148. The fraction of sp³-hybridized carbons (Fsp3) is 0.727. The molecule has 0 saturated carbocycles. The van der Waals surface area contributed by atoms with Gasteiger partial charge in [0.1, 0.15) is 0 Å². The summed E-state index contributed by atoms with van der Waals surface area (Å²) < 4.78 is 1.30. The molecule has 0 aliphatic rings. The van der Waals surface area contributed by atoms with Crippen molar-refractivity contribution in [3.63, 3.8) is 0 Å². The van der Waals surface area contributed by atoms with Gasteiger partial charge in [0.2, 0.25) is 0 Å². The van der Waals surface area contributed by atoms with Crippen LogP contribution in [0.1, 0.15) is 105 Å². The standard InChI is InChI=1S/2C11H23NS2.Zn/c2*1-3-5-7-9-14(11(12)13)10-8-6-4-2;/h2*9-10,13H,3-8,12H2,1-2H3;/q;;+2/p-2. The molecule has 0 aromatic rings. The summed E-state index contributed by atoms with van der Waals surface area (Å²) in [6.07, 6.45) is 14.5. The van der Waals surface area contributed by atoms with Crippen LogP contribution in [0.3, 0.4) is 0 Å². The van der Waals surface area contributed by atoms with E-state index in [0.29, 0.717) is 8.64 Å². The molecule has 0 amide bonds. The van der Waals surface area contributed by atoms with Gasteiger partial charge in [-0.05, 0) is 72.8 Å². The Morgan fingerprint density at radius 1 is 0.586 bits per heavy atom. The van der Waals surface area contributed by atoms with E-state index < -0.39 is 0 Å². The summed E-state index contributed by atoms with van der Waals surface area (Å²) in [5.74, 6) is 0. The van der Waals surface area contributed by atoms with Gasteiger partial charge >= 0.3 is 19.5 Å². The fourth-order valence-corrected chi connectivity index (χ4v) is 5.55. The third-order valence-electron chi connectivity index (χ3n) is 3.88. The van der Waals surface area contributed by atoms with Gasteiger partial charge in [0.15, 0.2) is 0 Å². The van der Waals surface area contributed by atoms with Crippen LogP contribution in [-0.2, 0) is 44.7 Å². The van der Waals surface area contributed by atoms with E-state index >= 15 is 0 Å². The largest absolute Gasteiger partial charge is 2.00 e. The predicted molar refractivity (Wildman–Crippen MR) is 151 cm³/mol. The fourth-order valence-electron chi connectivity index (χ4n) is 2.12. The van der Waals surface area contributed by atoms with Gasteiger partial charge in [-0.25, -0.2) is 19.3 Å². The topological polar surface area (TPSA) is 52.0 Å². The van der Waals surface area contributed by atoms with Crippen molar-refractivity contribution in [2.45, 2.75) is 105 Å². The van der Waals surface area contributed by atoms with Crippen molar-refractivity contribution in [2.24, 2.45) is 11.5 Å². The van der Waals surface area contributed by atoms with Crippen molar-refractivity contribution in [2.75, 3.05) is 0 Å². The van der Waals surface area contributed by atoms with E-state index in [-0.39, 0.29) is 38.8 Å². The zero-order valence-electron chi connectivity index (χ0n) is 19.3. The molecule has 0 spiro atoms. The summed E-state index contributed by atoms with van der Waals surface area (Å²) in [4.78, 5) is 0. The third kappa shape index (κ3) is 25.0. The van der Waals surface area contributed by atoms with Crippen LogP contribution in [-0.4, -0.2) is 30.1 Å². The molecule has 168 valence electrons. The molecule has 0 heterocycles. The molecule has 0 rings (SSSR count). The number of hydrogen-bond acceptors (Lipinski definition) is 2. The second-order valence-electron chi connectivity index (χ2n) is 6.62. The van der Waals surface area contributed by atoms with Crippen LogP contribution in [0.25, 0.3) is 0 Å². The van der Waals surface area contributed by atoms with Crippen molar-refractivity contribution in [1.82, 2.24) is 0 Å². The third-order valence-corrected chi connectivity index (χ3v) is 8.35. The van der Waals surface area contributed by atoms with Crippen molar-refractivity contribution < 1.29 is 19.5 Å². The van der Waals surface area contributed by atoms with Crippen LogP contribution in [0.4, 0.5) is 0 Å². The van der Waals surface area contributed by atoms with E-state index in [2.05, 4.69) is 49.2 Å². The maximum Gasteiger partial charge on any atom is 2.00 e. The Labute approximate surface area is 209 Å². The molecule has 0 aliphatic carbocycles. The molecule has 2 nitrogen and oxygen atoms in total. The zero-order valence-corrected chi connectivity index (χ0v) is 25.5. The minimum absolute atomic E-state index is 0. The first-order chi connectivity index (χ1) is 13.4. The number of unbranched alkanes of at least 4 members (excludes halogenated alkanes) is 8. The average molecular weight is 530 g/mol. The molecule has 29 heavy (non-hydrogen) atoms. The van der Waals surface area contributed by atoms with E-state index in [9.17, 15) is 0 Å². The second-order valence-corrected chi connectivity index (χ2v) is 11.7. The molecule has 4 N–H and O–H groups in total. The maximum atomic E-state index is 5.68. The summed E-state index contributed by atoms with van der Waals surface area (Å²) in [6.45, 7) is 8.81. The first kappa shape index (κ1) is 34.5. The summed E-state index contributed by atoms with van der Waals surface area (Å²) in [7, 11) is -0.0398. The van der Waals surface area contributed by atoms with Gasteiger partial charge in [0, 0.05) is 0 Å². The number of hydrogen-bond donors (Lipinski definition) is 2. The Bertz CT molecular complexity index is 570. The molecule has 0 atom stereocenters. The summed E-state index contributed by atoms with van der Waals surface area (Å²) >= 11 is 10.1. The molecule has 7 heteroatoms. The van der Waals surface area contributed by atoms with E-state index in [1.165, 1.54) is 51.4 Å². The van der Waals surface area contributed by atoms with E-state index in [4.69, 9.17) is 36.7 Å². The minimum Gasteiger partial charge on any atom is -0.735 e. The van der Waals surface area contributed by atoms with Crippen LogP contribution in [0, 0.1) is 0 Å². The van der Waals surface area contributed by atoms with Gasteiger partial charge in [0.05, 0.1) is 0 Å². The molecule has 0 aliphatic heterocycles. The second kappa shape index (κ2) is 26.9. The van der Waals surface area contributed by atoms with Crippen molar-refractivity contribution >= 4 is 74.7 Å². The average Bonchev–Trinajstić information content (AvgIpc) is 2.66. The SMILES string of the molecule is CCCCC=S(=CCCCC)=C(N)[S-].CCCCC=S(=CCCCC)=C(N)[S-].[Zn+2]. The summed E-state index contributed by atoms with van der Waals surface area (Å²) in [5.41, 5.74) is 11.4. The van der Waals surface area contributed by atoms with Crippen LogP contribution in [0.5, 0.6) is 0 Å². The monoisotopic (exact) mass is 528 g/mol. The number of rotatable bonds is 12. The Balaban J connectivity index is -0.000000451. The van der Waals surface area contributed by atoms with Crippen LogP contribution < -0.4 is 11.5 Å². The minimum atomic E-state index is -0.0199. The van der Waals surface area contributed by atoms with Crippen molar-refractivity contribution in [1.29, 1.82) is 0 Å². The van der Waals surface area contributed by atoms with E-state index in [0.717, 1.165) is 25.7 Å². The molecular weight excluding hydrogens is 486 g/mol. The Morgan fingerprint density at radius 2 is 0.793 bits per heavy atom. The molecule has 0 aromatic heterocycles. The van der Waals surface area contributed by atoms with Crippen molar-refractivity contribution in [3.05, 3.63) is 0 Å². The Kier molecular flexibility index (Phi) is 32.1. The smallest absolute Gasteiger partial charge is 0.735 e. The van der Waals surface area contributed by atoms with Crippen LogP contribution in [0.2, 0.25) is 0 Å². The molecule has 0 bridgehead atoms. The zero-order chi connectivity index (χ0) is 21.6. The Hall–Kier alpha value is 0.903. The van der Waals surface area contributed by atoms with Gasteiger partial charge in [-0.3, -0.25) is 0 Å². The van der Waals surface area contributed by atoms with Crippen LogP contribution >= 0.6 is 19.3 Å². The molecule has 0 saturated heterocycles. The van der Waals surface area contributed by atoms with E-state index in [1.54, 1.807) is 0 Å². The Morgan fingerprint density at radius 3 is 0.931 bits per heavy atom. The molecule has 0 unspecified atom stereocenters. The molecule has 0 aromatic carbocycles. The molecule has 0 fully saturated rings. The molecular formula is C22H44N2S4Zn. The van der Waals surface area contributed by atoms with Gasteiger partial charge in [-0.2, -0.15) is 0 Å².